The molecule has 1 heterocycles. The average Bonchev–Trinajstić information content (AvgIpc) is 3.31. The van der Waals surface area contributed by atoms with E-state index in [0.717, 1.165) is 69.8 Å². The van der Waals surface area contributed by atoms with Gasteiger partial charge in [-0.3, -0.25) is 14.4 Å². The van der Waals surface area contributed by atoms with Crippen molar-refractivity contribution in [3.05, 3.63) is 34.9 Å². The van der Waals surface area contributed by atoms with E-state index in [2.05, 4.69) is 59.9 Å². The lowest BCUT2D eigenvalue weighted by atomic mass is 9.33. The Labute approximate surface area is 430 Å². The van der Waals surface area contributed by atoms with Gasteiger partial charge >= 0.3 is 24.2 Å². The minimum atomic E-state index is -1.63. The standard InChI is InChI=1S/C57H82N2O14/c1-51(2)23-25-56(48(63)70-10)26-24-54(6)33(34(56)30-51)16-18-39-53(5)21-20-40(52(3,4)38(53)19-22-55(39,54)7)58-41(60)13-11-12-14-42(61)73-59-28-27-57-31-37(71-49(64)65)46(72-50(66)67)47(69-9)44(57)35(59)29-32-15-17-36(68-8)45(62)43(32)57/h15-17,34-35,37-40,44,46-47,62H,11-14,18-31H2,1-10H3,(H,58,60)(H,64,65)(H,66,67)/t34?,35-,37?,38?,39?,40+,44?,46?,47?,53-,54+,55+,56-,57-/m0/s1. The fraction of sp³-hybridized carbons (Fsp3) is 0.772. The van der Waals surface area contributed by atoms with E-state index in [1.807, 2.05) is 6.07 Å². The van der Waals surface area contributed by atoms with Crippen molar-refractivity contribution in [3.63, 3.8) is 0 Å². The molecule has 1 saturated heterocycles. The van der Waals surface area contributed by atoms with Crippen molar-refractivity contribution in [1.82, 2.24) is 10.4 Å². The van der Waals surface area contributed by atoms with Gasteiger partial charge in [0.1, 0.15) is 12.2 Å². The summed E-state index contributed by atoms with van der Waals surface area (Å²) in [5.74, 6) is 0.116. The number of unbranched alkanes of at least 4 members (excludes halogenated alkanes) is 1. The smallest absolute Gasteiger partial charge is 0.504 e. The fourth-order valence-corrected chi connectivity index (χ4v) is 18.2. The predicted octanol–water partition coefficient (Wildman–Crippen LogP) is 9.91. The third-order valence-electron chi connectivity index (χ3n) is 21.8. The molecule has 0 spiro atoms. The molecule has 404 valence electrons. The summed E-state index contributed by atoms with van der Waals surface area (Å²) in [7, 11) is 4.39. The number of phenolic OH excluding ortho intramolecular Hbond substituents is 1. The van der Waals surface area contributed by atoms with E-state index in [9.17, 15) is 39.3 Å². The van der Waals surface area contributed by atoms with Crippen LogP contribution in [0.1, 0.15) is 162 Å². The second kappa shape index (κ2) is 18.9. The number of hydrogen-bond donors (Lipinski definition) is 4. The lowest BCUT2D eigenvalue weighted by molar-refractivity contribution is -0.256. The molecule has 1 aliphatic heterocycles. The number of allylic oxidation sites excluding steroid dienone is 2. The van der Waals surface area contributed by atoms with Crippen LogP contribution in [0.5, 0.6) is 11.5 Å². The first-order valence-electron chi connectivity index (χ1n) is 27.1. The van der Waals surface area contributed by atoms with Gasteiger partial charge in [0.15, 0.2) is 17.6 Å². The molecule has 16 nitrogen and oxygen atoms in total. The minimum Gasteiger partial charge on any atom is -0.504 e. The molecule has 5 saturated carbocycles. The van der Waals surface area contributed by atoms with Gasteiger partial charge in [-0.1, -0.05) is 66.2 Å². The number of carboxylic acid groups (broad SMARTS) is 2. The minimum absolute atomic E-state index is 0.00170. The molecule has 9 rings (SSSR count). The highest BCUT2D eigenvalue weighted by atomic mass is 16.7. The van der Waals surface area contributed by atoms with Crippen LogP contribution in [0.25, 0.3) is 0 Å². The molecule has 2 bridgehead atoms. The van der Waals surface area contributed by atoms with Crippen LogP contribution < -0.4 is 10.1 Å². The number of nitrogens with one attached hydrogen (secondary N) is 1. The SMILES string of the molecule is COC(=O)[C@]12CCC(C)(C)CC1C1=CCC3[C@@]4(C)CC[C@@H](NC(=O)CCCCC(=O)ON5CC[C@@]67CC(OC(=O)O)C(OC(=O)O)C(OC)C6[C@@H]5Cc5ccc(OC)c(O)c57)C(C)(C)C4CC[C@@]3(C)[C@]1(C)CC2. The molecule has 7 unspecified atom stereocenters. The van der Waals surface area contributed by atoms with E-state index in [4.69, 9.17) is 28.5 Å². The number of nitrogens with zero attached hydrogens (tertiary/aromatic N) is 1. The van der Waals surface area contributed by atoms with Crippen LogP contribution >= 0.6 is 0 Å². The summed E-state index contributed by atoms with van der Waals surface area (Å²) in [6.45, 7) is 17.3. The summed E-state index contributed by atoms with van der Waals surface area (Å²) in [4.78, 5) is 71.2. The molecule has 73 heavy (non-hydrogen) atoms. The van der Waals surface area contributed by atoms with Gasteiger partial charge in [0.25, 0.3) is 0 Å². The number of hydrogen-bond acceptors (Lipinski definition) is 13. The number of rotatable bonds is 12. The van der Waals surface area contributed by atoms with Gasteiger partial charge in [-0.25, -0.2) is 9.59 Å². The predicted molar refractivity (Wildman–Crippen MR) is 267 cm³/mol. The van der Waals surface area contributed by atoms with E-state index in [0.29, 0.717) is 36.7 Å². The van der Waals surface area contributed by atoms with Gasteiger partial charge in [0.2, 0.25) is 5.91 Å². The Hall–Kier alpha value is -4.57. The second-order valence-electron chi connectivity index (χ2n) is 25.7. The molecule has 1 aromatic carbocycles. The highest BCUT2D eigenvalue weighted by Crippen LogP contribution is 2.76. The molecule has 8 aliphatic rings. The van der Waals surface area contributed by atoms with Crippen LogP contribution in [-0.4, -0.2) is 109 Å². The Bertz CT molecular complexity index is 2400. The van der Waals surface area contributed by atoms with Gasteiger partial charge in [-0.2, -0.15) is 0 Å². The zero-order valence-electron chi connectivity index (χ0n) is 44.9. The molecule has 16 heteroatoms. The van der Waals surface area contributed by atoms with Crippen molar-refractivity contribution in [3.8, 4) is 11.5 Å². The lowest BCUT2D eigenvalue weighted by Gasteiger charge is -2.71. The molecule has 7 aliphatic carbocycles. The van der Waals surface area contributed by atoms with Crippen LogP contribution in [0.2, 0.25) is 0 Å². The van der Waals surface area contributed by atoms with Crippen LogP contribution in [0.3, 0.4) is 0 Å². The summed E-state index contributed by atoms with van der Waals surface area (Å²) in [6.07, 6.45) is 7.54. The number of methoxy groups -OCH3 is 3. The number of fused-ring (bicyclic) bond motifs is 8. The number of phenols is 1. The summed E-state index contributed by atoms with van der Waals surface area (Å²) >= 11 is 0. The van der Waals surface area contributed by atoms with E-state index in [1.165, 1.54) is 19.8 Å². The van der Waals surface area contributed by atoms with Crippen molar-refractivity contribution in [1.29, 1.82) is 0 Å². The van der Waals surface area contributed by atoms with Gasteiger partial charge in [0, 0.05) is 49.4 Å². The quantitative estimate of drug-likeness (QED) is 0.0663. The number of piperidine rings is 1. The summed E-state index contributed by atoms with van der Waals surface area (Å²) in [5.41, 5.74) is 1.61. The van der Waals surface area contributed by atoms with Gasteiger partial charge in [-0.05, 0) is 153 Å². The van der Waals surface area contributed by atoms with Crippen LogP contribution in [0, 0.1) is 56.2 Å². The topological polar surface area (TPSA) is 217 Å². The molecule has 1 aromatic rings. The second-order valence-corrected chi connectivity index (χ2v) is 25.7. The van der Waals surface area contributed by atoms with Crippen molar-refractivity contribution >= 4 is 30.2 Å². The molecular formula is C57H82N2O14. The number of esters is 1. The van der Waals surface area contributed by atoms with Crippen molar-refractivity contribution < 1.29 is 67.8 Å². The monoisotopic (exact) mass is 1020 g/mol. The molecule has 1 amide bonds. The van der Waals surface area contributed by atoms with Gasteiger partial charge in [-0.15, -0.1) is 5.06 Å². The summed E-state index contributed by atoms with van der Waals surface area (Å²) < 4.78 is 27.6. The van der Waals surface area contributed by atoms with E-state index < -0.39 is 59.4 Å². The maximum Gasteiger partial charge on any atom is 0.506 e. The number of ether oxygens (including phenoxy) is 5. The molecule has 0 radical (unpaired) electrons. The zero-order valence-corrected chi connectivity index (χ0v) is 44.9. The number of amides is 1. The Morgan fingerprint density at radius 3 is 2.19 bits per heavy atom. The van der Waals surface area contributed by atoms with E-state index in [1.54, 1.807) is 18.2 Å². The first-order valence-corrected chi connectivity index (χ1v) is 27.1. The number of carbonyl (C=O) groups excluding carboxylic acids is 3. The third-order valence-corrected chi connectivity index (χ3v) is 21.8. The number of carbonyl (C=O) groups is 5. The molecule has 4 N–H and O–H groups in total. The zero-order chi connectivity index (χ0) is 52.8. The van der Waals surface area contributed by atoms with Crippen LogP contribution in [-0.2, 0) is 50.0 Å². The van der Waals surface area contributed by atoms with Crippen LogP contribution in [0.4, 0.5) is 9.59 Å². The van der Waals surface area contributed by atoms with Crippen molar-refractivity contribution in [2.45, 2.75) is 193 Å². The fourth-order valence-electron chi connectivity index (χ4n) is 18.2. The number of benzene rings is 1. The largest absolute Gasteiger partial charge is 0.506 e. The molecule has 6 fully saturated rings. The third kappa shape index (κ3) is 8.40. The summed E-state index contributed by atoms with van der Waals surface area (Å²) in [6, 6.07) is 2.95. The highest BCUT2D eigenvalue weighted by molar-refractivity contribution is 5.79. The van der Waals surface area contributed by atoms with Gasteiger partial charge in [0.05, 0.1) is 25.7 Å². The van der Waals surface area contributed by atoms with Crippen molar-refractivity contribution in [2.75, 3.05) is 27.9 Å². The van der Waals surface area contributed by atoms with Crippen LogP contribution in [0.15, 0.2) is 23.8 Å². The molecule has 0 aromatic heterocycles. The lowest BCUT2D eigenvalue weighted by Crippen LogP contribution is -2.70. The normalized spacial score (nSPS) is 39.7. The Kier molecular flexibility index (Phi) is 13.8. The van der Waals surface area contributed by atoms with Crippen molar-refractivity contribution in [2.24, 2.45) is 56.2 Å². The maximum atomic E-state index is 13.8. The first kappa shape index (κ1) is 53.3. The number of aromatic hydroxyl groups is 1. The van der Waals surface area contributed by atoms with E-state index >= 15 is 0 Å². The number of hydroxylamine groups is 2. The Morgan fingerprint density at radius 1 is 0.795 bits per heavy atom. The Morgan fingerprint density at radius 2 is 1.51 bits per heavy atom. The first-order chi connectivity index (χ1) is 34.4. The maximum absolute atomic E-state index is 13.8. The van der Waals surface area contributed by atoms with E-state index in [-0.39, 0.29) is 94.6 Å². The summed E-state index contributed by atoms with van der Waals surface area (Å²) in [5, 5.41) is 36.2. The van der Waals surface area contributed by atoms with Gasteiger partial charge < -0.3 is 49.2 Å². The molecule has 14 atom stereocenters. The highest BCUT2D eigenvalue weighted by Gasteiger charge is 2.70. The Balaban J connectivity index is 0.831. The molecular weight excluding hydrogens is 937 g/mol. The average molecular weight is 1020 g/mol.